The van der Waals surface area contributed by atoms with Crippen molar-refractivity contribution >= 4 is 11.0 Å². The predicted molar refractivity (Wildman–Crippen MR) is 121 cm³/mol. The highest BCUT2D eigenvalue weighted by Crippen LogP contribution is 2.36. The van der Waals surface area contributed by atoms with Gasteiger partial charge in [0.25, 0.3) is 0 Å². The molecule has 2 heterocycles. The summed E-state index contributed by atoms with van der Waals surface area (Å²) in [5.41, 5.74) is 4.19. The number of benzene rings is 3. The fourth-order valence-electron chi connectivity index (χ4n) is 4.17. The fourth-order valence-corrected chi connectivity index (χ4v) is 4.17. The lowest BCUT2D eigenvalue weighted by Crippen LogP contribution is -2.33. The molecule has 1 aliphatic heterocycles. The summed E-state index contributed by atoms with van der Waals surface area (Å²) in [5.74, 6) is 1.67. The molecule has 0 bridgehead atoms. The first kappa shape index (κ1) is 19.4. The molecule has 3 aromatic carbocycles. The Kier molecular flexibility index (Phi) is 5.18. The average Bonchev–Trinajstić information content (AvgIpc) is 2.82. The van der Waals surface area contributed by atoms with E-state index in [-0.39, 0.29) is 5.63 Å². The van der Waals surface area contributed by atoms with Crippen LogP contribution in [0, 0.1) is 0 Å². The van der Waals surface area contributed by atoms with Crippen LogP contribution in [-0.4, -0.2) is 25.3 Å². The summed E-state index contributed by atoms with van der Waals surface area (Å²) in [4.78, 5) is 14.6. The van der Waals surface area contributed by atoms with Crippen LogP contribution in [0.1, 0.15) is 11.1 Å². The van der Waals surface area contributed by atoms with E-state index in [9.17, 15) is 4.79 Å². The molecular formula is C26H23NO4. The zero-order valence-corrected chi connectivity index (χ0v) is 17.3. The van der Waals surface area contributed by atoms with Crippen LogP contribution < -0.4 is 15.1 Å². The van der Waals surface area contributed by atoms with Gasteiger partial charge in [-0.3, -0.25) is 4.90 Å². The minimum Gasteiger partial charge on any atom is -0.496 e. The van der Waals surface area contributed by atoms with Gasteiger partial charge in [0.15, 0.2) is 0 Å². The van der Waals surface area contributed by atoms with Gasteiger partial charge in [-0.1, -0.05) is 48.5 Å². The minimum atomic E-state index is -0.356. The first-order chi connectivity index (χ1) is 15.2. The lowest BCUT2D eigenvalue weighted by Gasteiger charge is -2.29. The average molecular weight is 413 g/mol. The third-order valence-corrected chi connectivity index (χ3v) is 5.73. The summed E-state index contributed by atoms with van der Waals surface area (Å²) in [6.07, 6.45) is 0.840. The second-order valence-corrected chi connectivity index (χ2v) is 7.65. The van der Waals surface area contributed by atoms with E-state index >= 15 is 0 Å². The molecule has 0 spiro atoms. The second kappa shape index (κ2) is 8.28. The number of hydrogen-bond acceptors (Lipinski definition) is 5. The molecule has 0 atom stereocenters. The van der Waals surface area contributed by atoms with Gasteiger partial charge in [-0.05, 0) is 41.3 Å². The van der Waals surface area contributed by atoms with Gasteiger partial charge >= 0.3 is 5.63 Å². The molecule has 0 unspecified atom stereocenters. The van der Waals surface area contributed by atoms with Gasteiger partial charge in [0, 0.05) is 24.5 Å². The summed E-state index contributed by atoms with van der Waals surface area (Å²) in [6.45, 7) is 1.96. The van der Waals surface area contributed by atoms with Crippen molar-refractivity contribution in [2.75, 3.05) is 20.4 Å². The van der Waals surface area contributed by atoms with Gasteiger partial charge in [0.1, 0.15) is 23.8 Å². The van der Waals surface area contributed by atoms with Crippen molar-refractivity contribution in [1.29, 1.82) is 0 Å². The lowest BCUT2D eigenvalue weighted by molar-refractivity contribution is 0.0966. The van der Waals surface area contributed by atoms with Crippen molar-refractivity contribution in [3.63, 3.8) is 0 Å². The molecule has 5 heteroatoms. The van der Waals surface area contributed by atoms with E-state index in [4.69, 9.17) is 13.9 Å². The van der Waals surface area contributed by atoms with Crippen LogP contribution in [0.4, 0.5) is 0 Å². The van der Waals surface area contributed by atoms with Crippen LogP contribution in [-0.2, 0) is 13.0 Å². The molecule has 0 radical (unpaired) electrons. The molecule has 0 N–H and O–H groups in total. The predicted octanol–water partition coefficient (Wildman–Crippen LogP) is 4.86. The summed E-state index contributed by atoms with van der Waals surface area (Å²) in [5, 5.41) is 0.916. The topological polar surface area (TPSA) is 51.9 Å². The third-order valence-electron chi connectivity index (χ3n) is 5.73. The monoisotopic (exact) mass is 413 g/mol. The maximum Gasteiger partial charge on any atom is 0.336 e. The van der Waals surface area contributed by atoms with E-state index in [1.165, 1.54) is 0 Å². The highest BCUT2D eigenvalue weighted by molar-refractivity contribution is 5.95. The van der Waals surface area contributed by atoms with Gasteiger partial charge in [0.05, 0.1) is 12.7 Å². The maximum absolute atomic E-state index is 12.4. The highest BCUT2D eigenvalue weighted by Gasteiger charge is 2.23. The molecule has 5 nitrogen and oxygen atoms in total. The second-order valence-electron chi connectivity index (χ2n) is 7.65. The summed E-state index contributed by atoms with van der Waals surface area (Å²) in [6, 6.07) is 23.5. The number of ether oxygens (including phenoxy) is 2. The number of hydrogen-bond donors (Lipinski definition) is 0. The van der Waals surface area contributed by atoms with Crippen molar-refractivity contribution in [1.82, 2.24) is 4.90 Å². The zero-order chi connectivity index (χ0) is 21.2. The van der Waals surface area contributed by atoms with Crippen LogP contribution in [0.5, 0.6) is 11.5 Å². The van der Waals surface area contributed by atoms with Gasteiger partial charge in [-0.2, -0.15) is 0 Å². The zero-order valence-electron chi connectivity index (χ0n) is 17.3. The Morgan fingerprint density at radius 2 is 1.81 bits per heavy atom. The number of nitrogens with zero attached hydrogens (tertiary/aromatic N) is 1. The molecule has 156 valence electrons. The smallest absolute Gasteiger partial charge is 0.336 e. The number of rotatable bonds is 5. The van der Waals surface area contributed by atoms with E-state index in [2.05, 4.69) is 11.0 Å². The molecule has 0 amide bonds. The van der Waals surface area contributed by atoms with Crippen molar-refractivity contribution in [3.8, 4) is 22.6 Å². The molecule has 1 aromatic heterocycles. The van der Waals surface area contributed by atoms with E-state index in [0.717, 1.165) is 52.1 Å². The van der Waals surface area contributed by atoms with Crippen LogP contribution >= 0.6 is 0 Å². The SMILES string of the molecule is COc1ccccc1CCN1COc2ccc3c(-c4ccccc4)cc(=O)oc3c2C1. The number of fused-ring (bicyclic) bond motifs is 3. The largest absolute Gasteiger partial charge is 0.496 e. The van der Waals surface area contributed by atoms with Crippen LogP contribution in [0.3, 0.4) is 0 Å². The lowest BCUT2D eigenvalue weighted by atomic mass is 9.99. The van der Waals surface area contributed by atoms with Gasteiger partial charge in [-0.25, -0.2) is 4.79 Å². The van der Waals surface area contributed by atoms with Gasteiger partial charge in [-0.15, -0.1) is 0 Å². The highest BCUT2D eigenvalue weighted by atomic mass is 16.5. The Labute approximate surface area is 180 Å². The fraction of sp³-hybridized carbons (Fsp3) is 0.192. The van der Waals surface area contributed by atoms with Crippen LogP contribution in [0.25, 0.3) is 22.1 Å². The van der Waals surface area contributed by atoms with Crippen LogP contribution in [0.15, 0.2) is 82.0 Å². The molecule has 1 aliphatic rings. The molecule has 0 aliphatic carbocycles. The minimum absolute atomic E-state index is 0.356. The van der Waals surface area contributed by atoms with Crippen molar-refractivity contribution < 1.29 is 13.9 Å². The third kappa shape index (κ3) is 3.80. The van der Waals surface area contributed by atoms with Gasteiger partial charge < -0.3 is 13.9 Å². The Hall–Kier alpha value is -3.57. The Morgan fingerprint density at radius 1 is 1.00 bits per heavy atom. The normalized spacial score (nSPS) is 13.6. The van der Waals surface area contributed by atoms with Gasteiger partial charge in [0.2, 0.25) is 0 Å². The van der Waals surface area contributed by atoms with Crippen LogP contribution in [0.2, 0.25) is 0 Å². The van der Waals surface area contributed by atoms with E-state index in [1.54, 1.807) is 13.2 Å². The van der Waals surface area contributed by atoms with Crippen molar-refractivity contribution in [3.05, 3.63) is 94.3 Å². The summed E-state index contributed by atoms with van der Waals surface area (Å²) in [7, 11) is 1.69. The maximum atomic E-state index is 12.4. The quantitative estimate of drug-likeness (QED) is 0.437. The first-order valence-corrected chi connectivity index (χ1v) is 10.3. The number of methoxy groups -OCH3 is 1. The molecule has 0 saturated heterocycles. The molecular weight excluding hydrogens is 390 g/mol. The Bertz CT molecular complexity index is 1280. The molecule has 31 heavy (non-hydrogen) atoms. The first-order valence-electron chi connectivity index (χ1n) is 10.3. The van der Waals surface area contributed by atoms with Crippen molar-refractivity contribution in [2.45, 2.75) is 13.0 Å². The van der Waals surface area contributed by atoms with E-state index in [0.29, 0.717) is 18.9 Å². The van der Waals surface area contributed by atoms with E-state index in [1.807, 2.05) is 60.7 Å². The molecule has 4 aromatic rings. The van der Waals surface area contributed by atoms with Crippen molar-refractivity contribution in [2.24, 2.45) is 0 Å². The summed E-state index contributed by atoms with van der Waals surface area (Å²) < 4.78 is 17.2. The number of para-hydroxylation sites is 1. The standard InChI is InChI=1S/C26H23NO4/c1-29-23-10-6-5-9-19(23)13-14-27-16-22-24(30-17-27)12-11-20-21(15-25(28)31-26(20)22)18-7-3-2-4-8-18/h2-12,15H,13-14,16-17H2,1H3. The molecule has 0 saturated carbocycles. The van der Waals surface area contributed by atoms with E-state index < -0.39 is 0 Å². The molecule has 0 fully saturated rings. The summed E-state index contributed by atoms with van der Waals surface area (Å²) >= 11 is 0. The Balaban J connectivity index is 1.47. The molecule has 5 rings (SSSR count). The Morgan fingerprint density at radius 3 is 2.65 bits per heavy atom.